The smallest absolute Gasteiger partial charge is 0.206 e. The van der Waals surface area contributed by atoms with E-state index in [-0.39, 0.29) is 12.1 Å². The summed E-state index contributed by atoms with van der Waals surface area (Å²) >= 11 is 0. The van der Waals surface area contributed by atoms with Crippen LogP contribution in [0.1, 0.15) is 36.6 Å². The van der Waals surface area contributed by atoms with Crippen molar-refractivity contribution in [3.63, 3.8) is 0 Å². The van der Waals surface area contributed by atoms with Crippen molar-refractivity contribution < 1.29 is 18.8 Å². The molecule has 314 valence electrons. The fourth-order valence-corrected chi connectivity index (χ4v) is 10.3. The first-order valence-corrected chi connectivity index (χ1v) is 22.4. The summed E-state index contributed by atoms with van der Waals surface area (Å²) in [5, 5.41) is 5.06. The van der Waals surface area contributed by atoms with Crippen LogP contribution in [0.4, 0.5) is 0 Å². The van der Waals surface area contributed by atoms with Crippen LogP contribution in [-0.4, -0.2) is 42.5 Å². The molecule has 2 aliphatic heterocycles. The van der Waals surface area contributed by atoms with Crippen LogP contribution in [-0.2, 0) is 16.0 Å². The van der Waals surface area contributed by atoms with E-state index in [4.69, 9.17) is 14.2 Å². The highest BCUT2D eigenvalue weighted by molar-refractivity contribution is 7.19. The van der Waals surface area contributed by atoms with Crippen LogP contribution < -0.4 is 26.6 Å². The summed E-state index contributed by atoms with van der Waals surface area (Å²) in [4.78, 5) is 0. The standard InChI is InChI=1S/C35H32NO3.C24H20B/c1-35(2)38-22-31(34(39-35)25-16-18-28(37-3)19-17-25)36-20-26-14-12-23-8-4-6-10-29(23)32(26)33-27(21-36)15-13-24-9-5-7-11-30(24)33;1-5-13-21(14-6-1)25(22-15-7-2-8-16-22,23-17-9-3-10-18-23)24-19-11-4-12-20-24/h4-20,31,34H,21-22H2,1-3H3;1-20H/q+1;-1/t31-,34-;/m0./s1. The molecule has 11 rings (SSSR count). The molecule has 64 heavy (non-hydrogen) atoms. The van der Waals surface area contributed by atoms with Crippen LogP contribution in [0, 0.1) is 0 Å². The minimum absolute atomic E-state index is 0.0110. The van der Waals surface area contributed by atoms with Crippen molar-refractivity contribution in [3.05, 3.63) is 235 Å². The summed E-state index contributed by atoms with van der Waals surface area (Å²) in [6, 6.07) is 78.2. The van der Waals surface area contributed by atoms with Crippen molar-refractivity contribution in [2.45, 2.75) is 38.3 Å². The van der Waals surface area contributed by atoms with E-state index < -0.39 is 11.9 Å². The SMILES string of the molecule is COc1ccc([C@@H]2OC(C)(C)OC[C@@H]2[N+]2=Cc3ccc4ccccc4c3-c3c(ccc4ccccc34)C2)cc1.c1ccc([B-](c2ccccc2)(c2ccccc2)c2ccccc2)cc1. The van der Waals surface area contributed by atoms with Gasteiger partial charge in [-0.05, 0) is 59.2 Å². The highest BCUT2D eigenvalue weighted by Gasteiger charge is 2.44. The van der Waals surface area contributed by atoms with Crippen LogP contribution >= 0.6 is 0 Å². The predicted octanol–water partition coefficient (Wildman–Crippen LogP) is 10.6. The molecule has 0 N–H and O–H groups in total. The molecule has 1 saturated heterocycles. The Morgan fingerprint density at radius 1 is 0.516 bits per heavy atom. The Labute approximate surface area is 377 Å². The predicted molar refractivity (Wildman–Crippen MR) is 267 cm³/mol. The van der Waals surface area contributed by atoms with Gasteiger partial charge in [-0.25, -0.2) is 4.58 Å². The van der Waals surface area contributed by atoms with Crippen LogP contribution in [0.15, 0.2) is 218 Å². The molecule has 0 bridgehead atoms. The molecular weight excluding hydrogens is 781 g/mol. The Hall–Kier alpha value is -7.05. The topological polar surface area (TPSA) is 30.7 Å². The van der Waals surface area contributed by atoms with E-state index in [9.17, 15) is 0 Å². The van der Waals surface area contributed by atoms with Gasteiger partial charge in [-0.15, -0.1) is 0 Å². The average Bonchev–Trinajstić information content (AvgIpc) is 3.53. The maximum absolute atomic E-state index is 6.63. The molecule has 0 aromatic heterocycles. The summed E-state index contributed by atoms with van der Waals surface area (Å²) in [6.07, 6.45) is 0.942. The van der Waals surface area contributed by atoms with Crippen molar-refractivity contribution in [2.24, 2.45) is 0 Å². The van der Waals surface area contributed by atoms with E-state index in [1.807, 2.05) is 26.0 Å². The van der Waals surface area contributed by atoms with Gasteiger partial charge in [-0.1, -0.05) is 200 Å². The summed E-state index contributed by atoms with van der Waals surface area (Å²) < 4.78 is 20.8. The van der Waals surface area contributed by atoms with Gasteiger partial charge in [0.2, 0.25) is 6.04 Å². The van der Waals surface area contributed by atoms with Crippen LogP contribution in [0.2, 0.25) is 0 Å². The van der Waals surface area contributed by atoms with Crippen molar-refractivity contribution in [2.75, 3.05) is 13.7 Å². The molecule has 2 atom stereocenters. The summed E-state index contributed by atoms with van der Waals surface area (Å²) in [5.74, 6) is 0.166. The van der Waals surface area contributed by atoms with Gasteiger partial charge in [-0.3, -0.25) is 0 Å². The first-order valence-electron chi connectivity index (χ1n) is 22.4. The number of benzene rings is 9. The van der Waals surface area contributed by atoms with E-state index in [2.05, 4.69) is 217 Å². The Kier molecular flexibility index (Phi) is 11.3. The molecule has 0 spiro atoms. The molecule has 0 amide bonds. The van der Waals surface area contributed by atoms with Gasteiger partial charge in [0.05, 0.1) is 7.11 Å². The number of fused-ring (bicyclic) bond motifs is 7. The number of nitrogens with zero attached hydrogens (tertiary/aromatic N) is 1. The van der Waals surface area contributed by atoms with Crippen molar-refractivity contribution in [3.8, 4) is 16.9 Å². The fourth-order valence-electron chi connectivity index (χ4n) is 10.3. The third kappa shape index (κ3) is 7.72. The van der Waals surface area contributed by atoms with Gasteiger partial charge in [0.25, 0.3) is 0 Å². The van der Waals surface area contributed by atoms with Crippen LogP contribution in [0.3, 0.4) is 0 Å². The fraction of sp³-hybridized carbons (Fsp3) is 0.136. The number of rotatable bonds is 7. The highest BCUT2D eigenvalue weighted by atomic mass is 16.7. The molecule has 4 nitrogen and oxygen atoms in total. The van der Waals surface area contributed by atoms with Gasteiger partial charge in [0.15, 0.2) is 18.5 Å². The Balaban J connectivity index is 0.000000167. The van der Waals surface area contributed by atoms with E-state index >= 15 is 0 Å². The lowest BCUT2D eigenvalue weighted by Gasteiger charge is -2.44. The first kappa shape index (κ1) is 41.0. The highest BCUT2D eigenvalue weighted by Crippen LogP contribution is 2.42. The van der Waals surface area contributed by atoms with Gasteiger partial charge in [-0.2, -0.15) is 21.9 Å². The second kappa shape index (κ2) is 17.6. The lowest BCUT2D eigenvalue weighted by Crippen LogP contribution is -2.74. The zero-order valence-corrected chi connectivity index (χ0v) is 36.7. The zero-order chi connectivity index (χ0) is 43.5. The zero-order valence-electron chi connectivity index (χ0n) is 36.7. The van der Waals surface area contributed by atoms with Crippen LogP contribution in [0.5, 0.6) is 5.75 Å². The van der Waals surface area contributed by atoms with E-state index in [1.165, 1.54) is 65.6 Å². The summed E-state index contributed by atoms with van der Waals surface area (Å²) in [6.45, 7) is 5.31. The number of methoxy groups -OCH3 is 1. The van der Waals surface area contributed by atoms with Crippen LogP contribution in [0.25, 0.3) is 32.7 Å². The molecule has 9 aromatic carbocycles. The molecule has 5 heteroatoms. The van der Waals surface area contributed by atoms with E-state index in [0.717, 1.165) is 17.9 Å². The minimum atomic E-state index is -1.22. The minimum Gasteiger partial charge on any atom is -0.497 e. The monoisotopic (exact) mass is 833 g/mol. The molecule has 0 saturated carbocycles. The van der Waals surface area contributed by atoms with Gasteiger partial charge in [0.1, 0.15) is 24.6 Å². The Bertz CT molecular complexity index is 2900. The van der Waals surface area contributed by atoms with Gasteiger partial charge in [0, 0.05) is 22.3 Å². The Morgan fingerprint density at radius 2 is 0.984 bits per heavy atom. The van der Waals surface area contributed by atoms with Crippen molar-refractivity contribution >= 4 is 55.8 Å². The molecule has 2 heterocycles. The second-order valence-electron chi connectivity index (χ2n) is 17.5. The maximum atomic E-state index is 6.63. The summed E-state index contributed by atoms with van der Waals surface area (Å²) in [7, 11) is 1.69. The van der Waals surface area contributed by atoms with Crippen molar-refractivity contribution in [1.29, 1.82) is 0 Å². The molecule has 0 aliphatic carbocycles. The average molecular weight is 834 g/mol. The second-order valence-corrected chi connectivity index (χ2v) is 17.5. The van der Waals surface area contributed by atoms with Crippen molar-refractivity contribution in [1.82, 2.24) is 0 Å². The van der Waals surface area contributed by atoms with E-state index in [1.54, 1.807) is 7.11 Å². The molecule has 2 aliphatic rings. The lowest BCUT2D eigenvalue weighted by atomic mass is 9.13. The molecule has 0 unspecified atom stereocenters. The summed E-state index contributed by atoms with van der Waals surface area (Å²) in [5.41, 5.74) is 11.6. The normalized spacial score (nSPS) is 16.6. The molecule has 0 radical (unpaired) electrons. The Morgan fingerprint density at radius 3 is 1.50 bits per heavy atom. The largest absolute Gasteiger partial charge is 0.497 e. The molecular formula is C59H52BNO3. The number of ether oxygens (including phenoxy) is 3. The quantitative estimate of drug-likeness (QED) is 0.118. The third-order valence-electron chi connectivity index (χ3n) is 13.3. The third-order valence-corrected chi connectivity index (χ3v) is 13.3. The maximum Gasteiger partial charge on any atom is 0.206 e. The molecule has 1 fully saturated rings. The van der Waals surface area contributed by atoms with E-state index in [0.29, 0.717) is 6.61 Å². The molecule has 9 aromatic rings. The van der Waals surface area contributed by atoms with Gasteiger partial charge >= 0.3 is 0 Å². The van der Waals surface area contributed by atoms with Gasteiger partial charge < -0.3 is 14.2 Å². The lowest BCUT2D eigenvalue weighted by molar-refractivity contribution is -0.607. The number of hydrogen-bond acceptors (Lipinski definition) is 3. The number of hydrogen-bond donors (Lipinski definition) is 0. The first-order chi connectivity index (χ1) is 31.4.